The molecular weight excluding hydrogens is 314 g/mol. The lowest BCUT2D eigenvalue weighted by Gasteiger charge is -2.10. The molecule has 3 N–H and O–H groups in total. The average Bonchev–Trinajstić information content (AvgIpc) is 2.63. The van der Waals surface area contributed by atoms with Gasteiger partial charge in [-0.15, -0.1) is 0 Å². The molecule has 0 spiro atoms. The number of hydrogen-bond donors (Lipinski definition) is 3. The number of aromatic nitrogens is 1. The molecule has 1 aromatic rings. The Hall–Kier alpha value is -1.23. The van der Waals surface area contributed by atoms with Crippen molar-refractivity contribution in [1.82, 2.24) is 4.98 Å². The van der Waals surface area contributed by atoms with Gasteiger partial charge < -0.3 is 15.3 Å². The number of nitrogens with zero attached hydrogens (tertiary/aromatic N) is 1. The van der Waals surface area contributed by atoms with Crippen LogP contribution in [0.3, 0.4) is 0 Å². The molecule has 0 amide bonds. The summed E-state index contributed by atoms with van der Waals surface area (Å²) >= 11 is 0. The third kappa shape index (κ3) is 10.4. The van der Waals surface area contributed by atoms with Gasteiger partial charge in [0.25, 0.3) is 0 Å². The normalized spacial score (nSPS) is 14.1. The molecule has 2 unspecified atom stereocenters. The molecule has 0 aliphatic heterocycles. The Morgan fingerprint density at radius 1 is 0.960 bits per heavy atom. The molecular formula is C21H35NO3. The van der Waals surface area contributed by atoms with Crippen LogP contribution in [0.5, 0.6) is 0 Å². The summed E-state index contributed by atoms with van der Waals surface area (Å²) in [6.07, 6.45) is 12.8. The van der Waals surface area contributed by atoms with Crippen molar-refractivity contribution in [1.29, 1.82) is 0 Å². The van der Waals surface area contributed by atoms with E-state index in [1.165, 1.54) is 32.1 Å². The van der Waals surface area contributed by atoms with Crippen LogP contribution in [0.1, 0.15) is 88.6 Å². The summed E-state index contributed by atoms with van der Waals surface area (Å²) in [6, 6.07) is 5.56. The molecule has 0 fully saturated rings. The van der Waals surface area contributed by atoms with Gasteiger partial charge in [-0.25, -0.2) is 0 Å². The van der Waals surface area contributed by atoms with Gasteiger partial charge in [0.05, 0.1) is 23.6 Å². The Labute approximate surface area is 152 Å². The molecule has 0 radical (unpaired) electrons. The zero-order valence-electron chi connectivity index (χ0n) is 15.6. The zero-order chi connectivity index (χ0) is 18.3. The number of unbranched alkanes of at least 4 members (excludes halogenated alkanes) is 6. The molecule has 2 atom stereocenters. The molecule has 25 heavy (non-hydrogen) atoms. The summed E-state index contributed by atoms with van der Waals surface area (Å²) in [4.78, 5) is 4.44. The van der Waals surface area contributed by atoms with Crippen LogP contribution in [0.2, 0.25) is 0 Å². The van der Waals surface area contributed by atoms with Crippen LogP contribution < -0.4 is 0 Å². The van der Waals surface area contributed by atoms with Gasteiger partial charge in [0, 0.05) is 6.61 Å². The van der Waals surface area contributed by atoms with Crippen molar-refractivity contribution >= 4 is 6.08 Å². The van der Waals surface area contributed by atoms with Crippen molar-refractivity contribution in [2.75, 3.05) is 6.61 Å². The maximum absolute atomic E-state index is 10.1. The number of aliphatic hydroxyl groups excluding tert-OH is 3. The predicted molar refractivity (Wildman–Crippen MR) is 103 cm³/mol. The molecule has 4 nitrogen and oxygen atoms in total. The Morgan fingerprint density at radius 3 is 2.44 bits per heavy atom. The van der Waals surface area contributed by atoms with Crippen LogP contribution in [0.15, 0.2) is 24.3 Å². The fourth-order valence-corrected chi connectivity index (χ4v) is 2.78. The lowest BCUT2D eigenvalue weighted by Crippen LogP contribution is -2.03. The van der Waals surface area contributed by atoms with Gasteiger partial charge in [-0.3, -0.25) is 4.98 Å². The van der Waals surface area contributed by atoms with E-state index in [2.05, 4.69) is 11.9 Å². The molecule has 0 saturated carbocycles. The van der Waals surface area contributed by atoms with Crippen molar-refractivity contribution in [3.63, 3.8) is 0 Å². The van der Waals surface area contributed by atoms with Gasteiger partial charge >= 0.3 is 0 Å². The standard InChI is InChI=1S/C21H35NO3/c1-2-3-4-5-6-7-12-19(24)16-15-18-11-10-13-20(22-18)21(25)14-8-9-17-23/h10-11,13,15-16,19,21,23-25H,2-9,12,14,17H2,1H3. The van der Waals surface area contributed by atoms with Crippen molar-refractivity contribution in [3.8, 4) is 0 Å². The number of rotatable bonds is 14. The highest BCUT2D eigenvalue weighted by Crippen LogP contribution is 2.18. The van der Waals surface area contributed by atoms with Crippen molar-refractivity contribution < 1.29 is 15.3 Å². The Kier molecular flexibility index (Phi) is 12.2. The van der Waals surface area contributed by atoms with Crippen LogP contribution in [0.4, 0.5) is 0 Å². The summed E-state index contributed by atoms with van der Waals surface area (Å²) in [7, 11) is 0. The van der Waals surface area contributed by atoms with E-state index in [1.807, 2.05) is 24.3 Å². The Morgan fingerprint density at radius 2 is 1.68 bits per heavy atom. The van der Waals surface area contributed by atoms with Crippen molar-refractivity contribution in [2.45, 2.75) is 83.3 Å². The molecule has 142 valence electrons. The highest BCUT2D eigenvalue weighted by Gasteiger charge is 2.09. The first-order valence-corrected chi connectivity index (χ1v) is 9.79. The summed E-state index contributed by atoms with van der Waals surface area (Å²) < 4.78 is 0. The molecule has 1 rings (SSSR count). The van der Waals surface area contributed by atoms with E-state index < -0.39 is 12.2 Å². The van der Waals surface area contributed by atoms with Gasteiger partial charge in [0.15, 0.2) is 0 Å². The third-order valence-corrected chi connectivity index (χ3v) is 4.36. The van der Waals surface area contributed by atoms with Crippen LogP contribution in [-0.4, -0.2) is 33.0 Å². The van der Waals surface area contributed by atoms with Crippen LogP contribution in [0.25, 0.3) is 6.08 Å². The number of aliphatic hydroxyl groups is 3. The highest BCUT2D eigenvalue weighted by atomic mass is 16.3. The van der Waals surface area contributed by atoms with E-state index in [0.717, 1.165) is 25.0 Å². The fourth-order valence-electron chi connectivity index (χ4n) is 2.78. The topological polar surface area (TPSA) is 73.6 Å². The largest absolute Gasteiger partial charge is 0.396 e. The first kappa shape index (κ1) is 21.8. The van der Waals surface area contributed by atoms with Gasteiger partial charge in [-0.05, 0) is 43.9 Å². The molecule has 0 saturated heterocycles. The van der Waals surface area contributed by atoms with Gasteiger partial charge in [0.1, 0.15) is 0 Å². The van der Waals surface area contributed by atoms with E-state index >= 15 is 0 Å². The predicted octanol–water partition coefficient (Wildman–Crippen LogP) is 4.40. The molecule has 4 heteroatoms. The minimum absolute atomic E-state index is 0.152. The van der Waals surface area contributed by atoms with Gasteiger partial charge in [0.2, 0.25) is 0 Å². The summed E-state index contributed by atoms with van der Waals surface area (Å²) in [6.45, 7) is 2.37. The third-order valence-electron chi connectivity index (χ3n) is 4.36. The smallest absolute Gasteiger partial charge is 0.0960 e. The van der Waals surface area contributed by atoms with E-state index in [0.29, 0.717) is 18.5 Å². The fraction of sp³-hybridized carbons (Fsp3) is 0.667. The van der Waals surface area contributed by atoms with Crippen LogP contribution in [-0.2, 0) is 0 Å². The number of hydrogen-bond acceptors (Lipinski definition) is 4. The maximum Gasteiger partial charge on any atom is 0.0960 e. The lowest BCUT2D eigenvalue weighted by molar-refractivity contribution is 0.155. The second-order valence-corrected chi connectivity index (χ2v) is 6.71. The van der Waals surface area contributed by atoms with Gasteiger partial charge in [-0.1, -0.05) is 57.6 Å². The van der Waals surface area contributed by atoms with E-state index in [-0.39, 0.29) is 6.61 Å². The average molecular weight is 350 g/mol. The minimum Gasteiger partial charge on any atom is -0.396 e. The monoisotopic (exact) mass is 349 g/mol. The SMILES string of the molecule is CCCCCCCCC(O)C=Cc1cccc(C(O)CCCCO)n1. The Balaban J connectivity index is 2.37. The molecule has 0 aliphatic rings. The first-order chi connectivity index (χ1) is 12.2. The van der Waals surface area contributed by atoms with Crippen molar-refractivity contribution in [3.05, 3.63) is 35.7 Å². The second-order valence-electron chi connectivity index (χ2n) is 6.71. The van der Waals surface area contributed by atoms with E-state index in [9.17, 15) is 10.2 Å². The first-order valence-electron chi connectivity index (χ1n) is 9.79. The summed E-state index contributed by atoms with van der Waals surface area (Å²) in [5.74, 6) is 0. The summed E-state index contributed by atoms with van der Waals surface area (Å²) in [5.41, 5.74) is 1.39. The molecule has 0 aromatic carbocycles. The molecule has 0 aliphatic carbocycles. The zero-order valence-corrected chi connectivity index (χ0v) is 15.6. The maximum atomic E-state index is 10.1. The quantitative estimate of drug-likeness (QED) is 0.435. The summed E-state index contributed by atoms with van der Waals surface area (Å²) in [5, 5.41) is 29.0. The van der Waals surface area contributed by atoms with E-state index in [1.54, 1.807) is 6.08 Å². The molecule has 0 bridgehead atoms. The second kappa shape index (κ2) is 14.0. The minimum atomic E-state index is -0.604. The van der Waals surface area contributed by atoms with Crippen LogP contribution >= 0.6 is 0 Å². The highest BCUT2D eigenvalue weighted by molar-refractivity contribution is 5.45. The van der Waals surface area contributed by atoms with E-state index in [4.69, 9.17) is 5.11 Å². The lowest BCUT2D eigenvalue weighted by atomic mass is 10.1. The number of pyridine rings is 1. The van der Waals surface area contributed by atoms with Gasteiger partial charge in [-0.2, -0.15) is 0 Å². The Bertz CT molecular complexity index is 476. The van der Waals surface area contributed by atoms with Crippen LogP contribution in [0, 0.1) is 0 Å². The molecule has 1 heterocycles. The van der Waals surface area contributed by atoms with Crippen molar-refractivity contribution in [2.24, 2.45) is 0 Å². The molecule has 1 aromatic heterocycles.